The van der Waals surface area contributed by atoms with Gasteiger partial charge in [0.2, 0.25) is 0 Å². The minimum absolute atomic E-state index is 0.0618. The summed E-state index contributed by atoms with van der Waals surface area (Å²) in [7, 11) is 3.18. The van der Waals surface area contributed by atoms with E-state index in [2.05, 4.69) is 15.9 Å². The molecule has 114 valence electrons. The minimum atomic E-state index is -0.0618. The largest absolute Gasteiger partial charge is 0.495 e. The van der Waals surface area contributed by atoms with E-state index >= 15 is 0 Å². The Morgan fingerprint density at radius 2 is 1.76 bits per heavy atom. The van der Waals surface area contributed by atoms with Crippen molar-refractivity contribution in [3.63, 3.8) is 0 Å². The molecule has 2 rings (SSSR count). The molecule has 3 nitrogen and oxygen atoms in total. The van der Waals surface area contributed by atoms with E-state index < -0.39 is 0 Å². The van der Waals surface area contributed by atoms with Crippen molar-refractivity contribution in [2.75, 3.05) is 14.2 Å². The van der Waals surface area contributed by atoms with Crippen LogP contribution >= 0.6 is 27.5 Å². The van der Waals surface area contributed by atoms with Crippen LogP contribution in [0.4, 0.5) is 0 Å². The standard InChI is InChI=1S/C16H18BrClO3/c1-8-9(2)21-10(3)13(8)14(17)11-6-7-12(19-4)15(18)16(11)20-5/h6-7,14H,1-5H3. The van der Waals surface area contributed by atoms with Gasteiger partial charge >= 0.3 is 0 Å². The molecule has 0 N–H and O–H groups in total. The third-order valence-corrected chi connectivity index (χ3v) is 4.97. The van der Waals surface area contributed by atoms with Crippen molar-refractivity contribution in [1.82, 2.24) is 0 Å². The van der Waals surface area contributed by atoms with Crippen molar-refractivity contribution in [1.29, 1.82) is 0 Å². The highest BCUT2D eigenvalue weighted by molar-refractivity contribution is 9.09. The highest BCUT2D eigenvalue weighted by Gasteiger charge is 2.25. The molecule has 1 atom stereocenters. The SMILES string of the molecule is COc1ccc(C(Br)c2c(C)oc(C)c2C)c(OC)c1Cl. The predicted octanol–water partition coefficient (Wildman–Crippen LogP) is 5.36. The molecule has 2 aromatic rings. The van der Waals surface area contributed by atoms with Gasteiger partial charge in [-0.3, -0.25) is 0 Å². The zero-order valence-electron chi connectivity index (χ0n) is 12.7. The van der Waals surface area contributed by atoms with Gasteiger partial charge in [-0.1, -0.05) is 33.6 Å². The Kier molecular flexibility index (Phi) is 4.89. The van der Waals surface area contributed by atoms with Crippen LogP contribution in [0.3, 0.4) is 0 Å². The summed E-state index contributed by atoms with van der Waals surface area (Å²) < 4.78 is 16.4. The molecule has 0 aliphatic heterocycles. The predicted molar refractivity (Wildman–Crippen MR) is 88.2 cm³/mol. The van der Waals surface area contributed by atoms with Gasteiger partial charge in [-0.05, 0) is 32.4 Å². The van der Waals surface area contributed by atoms with Crippen LogP contribution in [0, 0.1) is 20.8 Å². The third kappa shape index (κ3) is 2.79. The van der Waals surface area contributed by atoms with Crippen molar-refractivity contribution in [3.05, 3.63) is 45.4 Å². The first-order valence-corrected chi connectivity index (χ1v) is 7.82. The smallest absolute Gasteiger partial charge is 0.145 e. The number of hydrogen-bond donors (Lipinski definition) is 0. The van der Waals surface area contributed by atoms with Gasteiger partial charge in [0.15, 0.2) is 0 Å². The Morgan fingerprint density at radius 3 is 2.24 bits per heavy atom. The van der Waals surface area contributed by atoms with Crippen molar-refractivity contribution in [2.24, 2.45) is 0 Å². The van der Waals surface area contributed by atoms with Crippen LogP contribution in [0.25, 0.3) is 0 Å². The molecular weight excluding hydrogens is 356 g/mol. The molecule has 0 saturated carbocycles. The fraction of sp³-hybridized carbons (Fsp3) is 0.375. The molecule has 0 spiro atoms. The number of ether oxygens (including phenoxy) is 2. The quantitative estimate of drug-likeness (QED) is 0.676. The average Bonchev–Trinajstić information content (AvgIpc) is 2.71. The van der Waals surface area contributed by atoms with Gasteiger partial charge in [0.1, 0.15) is 28.0 Å². The molecule has 1 heterocycles. The number of furan rings is 1. The first kappa shape index (κ1) is 16.2. The summed E-state index contributed by atoms with van der Waals surface area (Å²) in [5.74, 6) is 3.01. The van der Waals surface area contributed by atoms with E-state index in [-0.39, 0.29) is 4.83 Å². The van der Waals surface area contributed by atoms with E-state index in [1.807, 2.05) is 32.9 Å². The van der Waals surface area contributed by atoms with Crippen molar-refractivity contribution >= 4 is 27.5 Å². The van der Waals surface area contributed by atoms with Gasteiger partial charge in [0.25, 0.3) is 0 Å². The second kappa shape index (κ2) is 6.32. The van der Waals surface area contributed by atoms with Crippen LogP contribution in [0.2, 0.25) is 5.02 Å². The lowest BCUT2D eigenvalue weighted by atomic mass is 10.00. The highest BCUT2D eigenvalue weighted by Crippen LogP contribution is 2.46. The summed E-state index contributed by atoms with van der Waals surface area (Å²) in [5, 5.41) is 0.470. The fourth-order valence-corrected chi connectivity index (χ4v) is 3.81. The molecule has 21 heavy (non-hydrogen) atoms. The molecule has 0 aliphatic carbocycles. The van der Waals surface area contributed by atoms with Gasteiger partial charge < -0.3 is 13.9 Å². The summed E-state index contributed by atoms with van der Waals surface area (Å²) in [6.45, 7) is 5.97. The molecule has 1 aromatic carbocycles. The van der Waals surface area contributed by atoms with Crippen molar-refractivity contribution in [2.45, 2.75) is 25.6 Å². The zero-order chi connectivity index (χ0) is 15.7. The Bertz CT molecular complexity index is 664. The summed E-state index contributed by atoms with van der Waals surface area (Å²) in [6.07, 6.45) is 0. The van der Waals surface area contributed by atoms with E-state index in [1.54, 1.807) is 14.2 Å². The normalized spacial score (nSPS) is 12.3. The first-order valence-electron chi connectivity index (χ1n) is 6.53. The van der Waals surface area contributed by atoms with Crippen LogP contribution in [0.15, 0.2) is 16.5 Å². The first-order chi connectivity index (χ1) is 9.92. The van der Waals surface area contributed by atoms with Crippen LogP contribution in [-0.2, 0) is 0 Å². The Balaban J connectivity index is 2.58. The fourth-order valence-electron chi connectivity index (χ4n) is 2.46. The Hall–Kier alpha value is -1.13. The van der Waals surface area contributed by atoms with Crippen LogP contribution in [-0.4, -0.2) is 14.2 Å². The lowest BCUT2D eigenvalue weighted by Crippen LogP contribution is -2.01. The topological polar surface area (TPSA) is 31.6 Å². The maximum atomic E-state index is 6.34. The van der Waals surface area contributed by atoms with Gasteiger partial charge in [-0.15, -0.1) is 0 Å². The second-order valence-corrected chi connectivity index (χ2v) is 6.11. The van der Waals surface area contributed by atoms with E-state index in [9.17, 15) is 0 Å². The van der Waals surface area contributed by atoms with Gasteiger partial charge in [0.05, 0.1) is 19.0 Å². The molecule has 5 heteroatoms. The molecule has 0 bridgehead atoms. The lowest BCUT2D eigenvalue weighted by molar-refractivity contribution is 0.392. The number of halogens is 2. The molecule has 1 aromatic heterocycles. The summed E-state index contributed by atoms with van der Waals surface area (Å²) >= 11 is 10.1. The summed E-state index contributed by atoms with van der Waals surface area (Å²) in [6, 6.07) is 3.79. The minimum Gasteiger partial charge on any atom is -0.495 e. The number of hydrogen-bond acceptors (Lipinski definition) is 3. The summed E-state index contributed by atoms with van der Waals surface area (Å²) in [4.78, 5) is -0.0618. The maximum Gasteiger partial charge on any atom is 0.145 e. The molecule has 0 fully saturated rings. The molecule has 0 saturated heterocycles. The highest BCUT2D eigenvalue weighted by atomic mass is 79.9. The van der Waals surface area contributed by atoms with Crippen LogP contribution in [0.5, 0.6) is 11.5 Å². The van der Waals surface area contributed by atoms with E-state index in [4.69, 9.17) is 25.5 Å². The summed E-state index contributed by atoms with van der Waals surface area (Å²) in [5.41, 5.74) is 3.17. The lowest BCUT2D eigenvalue weighted by Gasteiger charge is -2.17. The Morgan fingerprint density at radius 1 is 1.10 bits per heavy atom. The maximum absolute atomic E-state index is 6.34. The number of benzene rings is 1. The zero-order valence-corrected chi connectivity index (χ0v) is 15.1. The number of rotatable bonds is 4. The molecule has 0 radical (unpaired) electrons. The van der Waals surface area contributed by atoms with Crippen molar-refractivity contribution < 1.29 is 13.9 Å². The van der Waals surface area contributed by atoms with Gasteiger partial charge in [0, 0.05) is 11.1 Å². The third-order valence-electron chi connectivity index (χ3n) is 3.66. The van der Waals surface area contributed by atoms with Gasteiger partial charge in [-0.25, -0.2) is 0 Å². The molecule has 0 aliphatic rings. The molecule has 1 unspecified atom stereocenters. The molecule has 0 amide bonds. The van der Waals surface area contributed by atoms with E-state index in [0.29, 0.717) is 16.5 Å². The number of aryl methyl sites for hydroxylation is 2. The monoisotopic (exact) mass is 372 g/mol. The van der Waals surface area contributed by atoms with Crippen molar-refractivity contribution in [3.8, 4) is 11.5 Å². The van der Waals surface area contributed by atoms with Crippen LogP contribution in [0.1, 0.15) is 33.0 Å². The average molecular weight is 374 g/mol. The Labute approximate surface area is 138 Å². The number of methoxy groups -OCH3 is 2. The van der Waals surface area contributed by atoms with E-state index in [0.717, 1.165) is 28.2 Å². The molecular formula is C16H18BrClO3. The number of alkyl halides is 1. The van der Waals surface area contributed by atoms with E-state index in [1.165, 1.54) is 0 Å². The van der Waals surface area contributed by atoms with Gasteiger partial charge in [-0.2, -0.15) is 0 Å². The van der Waals surface area contributed by atoms with Crippen LogP contribution < -0.4 is 9.47 Å². The second-order valence-electron chi connectivity index (χ2n) is 4.82.